The van der Waals surface area contributed by atoms with Gasteiger partial charge in [0.15, 0.2) is 11.2 Å². The Morgan fingerprint density at radius 2 is 1.86 bits per heavy atom. The van der Waals surface area contributed by atoms with Crippen LogP contribution in [0.4, 0.5) is 0 Å². The Kier molecular flexibility index (Phi) is 4.41. The first-order valence-corrected chi connectivity index (χ1v) is 9.27. The molecule has 150 valence electrons. The molecule has 0 spiro atoms. The Morgan fingerprint density at radius 1 is 1.17 bits per heavy atom. The lowest BCUT2D eigenvalue weighted by molar-refractivity contribution is 0.414. The van der Waals surface area contributed by atoms with E-state index in [1.54, 1.807) is 25.5 Å². The summed E-state index contributed by atoms with van der Waals surface area (Å²) in [5.41, 5.74) is 2.77. The summed E-state index contributed by atoms with van der Waals surface area (Å²) < 4.78 is 11.6. The van der Waals surface area contributed by atoms with Crippen molar-refractivity contribution in [3.63, 3.8) is 0 Å². The SMILES string of the molecule is C=C(C)Cn1c(=O)c2c(nc3n(Cc4ccc(OC)cc4)c(C)cn23)n(C)c1=O. The van der Waals surface area contributed by atoms with Crippen molar-refractivity contribution >= 4 is 16.9 Å². The summed E-state index contributed by atoms with van der Waals surface area (Å²) >= 11 is 0. The third-order valence-corrected chi connectivity index (χ3v) is 5.07. The lowest BCUT2D eigenvalue weighted by Crippen LogP contribution is -2.39. The predicted molar refractivity (Wildman–Crippen MR) is 112 cm³/mol. The minimum atomic E-state index is -0.398. The molecule has 0 bridgehead atoms. The molecule has 0 aliphatic heterocycles. The summed E-state index contributed by atoms with van der Waals surface area (Å²) in [6.45, 7) is 8.35. The number of allylic oxidation sites excluding steroid dienone is 1. The molecule has 0 saturated carbocycles. The van der Waals surface area contributed by atoms with E-state index in [0.717, 1.165) is 22.6 Å². The zero-order valence-corrected chi connectivity index (χ0v) is 17.0. The molecular weight excluding hydrogens is 370 g/mol. The number of hydrogen-bond donors (Lipinski definition) is 0. The van der Waals surface area contributed by atoms with Crippen LogP contribution in [0.15, 0.2) is 52.2 Å². The van der Waals surface area contributed by atoms with Gasteiger partial charge in [0.25, 0.3) is 5.56 Å². The highest BCUT2D eigenvalue weighted by Crippen LogP contribution is 2.19. The van der Waals surface area contributed by atoms with E-state index in [9.17, 15) is 9.59 Å². The Hall–Kier alpha value is -3.55. The fraction of sp³-hybridized carbons (Fsp3) is 0.286. The van der Waals surface area contributed by atoms with Crippen LogP contribution in [0, 0.1) is 6.92 Å². The quantitative estimate of drug-likeness (QED) is 0.487. The van der Waals surface area contributed by atoms with Gasteiger partial charge in [0, 0.05) is 18.9 Å². The molecule has 4 rings (SSSR count). The van der Waals surface area contributed by atoms with Crippen LogP contribution in [0.3, 0.4) is 0 Å². The molecule has 4 aromatic rings. The second kappa shape index (κ2) is 6.80. The highest BCUT2D eigenvalue weighted by Gasteiger charge is 2.20. The number of aryl methyl sites for hydroxylation is 2. The van der Waals surface area contributed by atoms with E-state index in [2.05, 4.69) is 11.6 Å². The summed E-state index contributed by atoms with van der Waals surface area (Å²) in [7, 11) is 3.27. The van der Waals surface area contributed by atoms with E-state index in [1.165, 1.54) is 9.13 Å². The number of ether oxygens (including phenoxy) is 1. The molecule has 0 unspecified atom stereocenters. The first-order valence-electron chi connectivity index (χ1n) is 9.27. The predicted octanol–water partition coefficient (Wildman–Crippen LogP) is 2.09. The highest BCUT2D eigenvalue weighted by molar-refractivity contribution is 5.75. The van der Waals surface area contributed by atoms with Crippen LogP contribution < -0.4 is 16.0 Å². The van der Waals surface area contributed by atoms with Gasteiger partial charge in [-0.1, -0.05) is 24.3 Å². The molecule has 0 N–H and O–H groups in total. The number of rotatable bonds is 5. The molecule has 0 atom stereocenters. The van der Waals surface area contributed by atoms with E-state index in [4.69, 9.17) is 4.74 Å². The van der Waals surface area contributed by atoms with E-state index in [1.807, 2.05) is 42.0 Å². The van der Waals surface area contributed by atoms with E-state index >= 15 is 0 Å². The summed E-state index contributed by atoms with van der Waals surface area (Å²) in [6, 6.07) is 7.81. The molecule has 1 aromatic carbocycles. The van der Waals surface area contributed by atoms with Gasteiger partial charge in [-0.05, 0) is 31.5 Å². The summed E-state index contributed by atoms with van der Waals surface area (Å²) in [6.07, 6.45) is 1.88. The van der Waals surface area contributed by atoms with Gasteiger partial charge in [-0.3, -0.25) is 18.3 Å². The van der Waals surface area contributed by atoms with Gasteiger partial charge >= 0.3 is 5.69 Å². The fourth-order valence-electron chi connectivity index (χ4n) is 3.57. The Labute approximate surface area is 166 Å². The largest absolute Gasteiger partial charge is 0.497 e. The van der Waals surface area contributed by atoms with Crippen molar-refractivity contribution in [2.24, 2.45) is 7.05 Å². The van der Waals surface area contributed by atoms with Crippen LogP contribution in [0.2, 0.25) is 0 Å². The molecular formula is C21H23N5O3. The molecule has 8 nitrogen and oxygen atoms in total. The van der Waals surface area contributed by atoms with Crippen LogP contribution in [0.5, 0.6) is 5.75 Å². The number of methoxy groups -OCH3 is 1. The van der Waals surface area contributed by atoms with Gasteiger partial charge in [0.05, 0.1) is 20.2 Å². The zero-order chi connectivity index (χ0) is 20.9. The van der Waals surface area contributed by atoms with Crippen LogP contribution >= 0.6 is 0 Å². The van der Waals surface area contributed by atoms with Crippen LogP contribution in [-0.2, 0) is 20.1 Å². The first kappa shape index (κ1) is 18.8. The smallest absolute Gasteiger partial charge is 0.332 e. The second-order valence-corrected chi connectivity index (χ2v) is 7.35. The Bertz CT molecular complexity index is 1370. The number of benzene rings is 1. The summed E-state index contributed by atoms with van der Waals surface area (Å²) in [4.78, 5) is 30.4. The van der Waals surface area contributed by atoms with Gasteiger partial charge in [0.2, 0.25) is 5.78 Å². The average molecular weight is 393 g/mol. The maximum atomic E-state index is 13.1. The van der Waals surface area contributed by atoms with Gasteiger partial charge in [-0.25, -0.2) is 4.79 Å². The topological polar surface area (TPSA) is 75.5 Å². The van der Waals surface area contributed by atoms with Crippen LogP contribution in [-0.4, -0.2) is 30.2 Å². The van der Waals surface area contributed by atoms with Crippen LogP contribution in [0.1, 0.15) is 18.2 Å². The maximum Gasteiger partial charge on any atom is 0.332 e. The Morgan fingerprint density at radius 3 is 2.48 bits per heavy atom. The minimum absolute atomic E-state index is 0.181. The molecule has 0 radical (unpaired) electrons. The molecule has 0 fully saturated rings. The molecule has 29 heavy (non-hydrogen) atoms. The highest BCUT2D eigenvalue weighted by atomic mass is 16.5. The molecule has 0 aliphatic carbocycles. The summed E-state index contributed by atoms with van der Waals surface area (Å²) in [5, 5.41) is 0. The molecule has 0 amide bonds. The molecule has 3 heterocycles. The van der Waals surface area contributed by atoms with E-state index in [-0.39, 0.29) is 12.1 Å². The summed E-state index contributed by atoms with van der Waals surface area (Å²) in [5.74, 6) is 1.41. The van der Waals surface area contributed by atoms with E-state index < -0.39 is 5.69 Å². The monoisotopic (exact) mass is 393 g/mol. The first-order chi connectivity index (χ1) is 13.8. The molecule has 8 heteroatoms. The number of fused-ring (bicyclic) bond motifs is 3. The van der Waals surface area contributed by atoms with Crippen molar-refractivity contribution in [2.75, 3.05) is 7.11 Å². The average Bonchev–Trinajstić information content (AvgIpc) is 3.20. The minimum Gasteiger partial charge on any atom is -0.497 e. The molecule has 3 aromatic heterocycles. The third kappa shape index (κ3) is 2.97. The molecule has 0 saturated heterocycles. The van der Waals surface area contributed by atoms with Crippen molar-refractivity contribution < 1.29 is 4.74 Å². The standard InChI is InChI=1S/C21H23N5O3/c1-13(2)10-26-19(27)17-18(23(4)21(26)28)22-20-24(14(3)11-25(17)20)12-15-6-8-16(29-5)9-7-15/h6-9,11H,1,10,12H2,2-5H3. The van der Waals surface area contributed by atoms with Crippen molar-refractivity contribution in [2.45, 2.75) is 26.9 Å². The van der Waals surface area contributed by atoms with Gasteiger partial charge in [-0.15, -0.1) is 0 Å². The van der Waals surface area contributed by atoms with Crippen molar-refractivity contribution in [3.8, 4) is 5.75 Å². The van der Waals surface area contributed by atoms with Crippen molar-refractivity contribution in [3.05, 3.63) is 74.7 Å². The molecule has 0 aliphatic rings. The third-order valence-electron chi connectivity index (χ3n) is 5.07. The van der Waals surface area contributed by atoms with Gasteiger partial charge in [-0.2, -0.15) is 4.98 Å². The second-order valence-electron chi connectivity index (χ2n) is 7.35. The fourth-order valence-corrected chi connectivity index (χ4v) is 3.57. The number of aromatic nitrogens is 5. The lowest BCUT2D eigenvalue weighted by atomic mass is 10.2. The number of nitrogens with zero attached hydrogens (tertiary/aromatic N) is 5. The maximum absolute atomic E-state index is 13.1. The number of imidazole rings is 2. The lowest BCUT2D eigenvalue weighted by Gasteiger charge is -2.08. The van der Waals surface area contributed by atoms with Crippen molar-refractivity contribution in [1.29, 1.82) is 0 Å². The number of hydrogen-bond acceptors (Lipinski definition) is 4. The Balaban J connectivity index is 1.93. The van der Waals surface area contributed by atoms with E-state index in [0.29, 0.717) is 23.5 Å². The zero-order valence-electron chi connectivity index (χ0n) is 17.0. The van der Waals surface area contributed by atoms with Crippen molar-refractivity contribution in [1.82, 2.24) is 23.1 Å². The van der Waals surface area contributed by atoms with Gasteiger partial charge in [0.1, 0.15) is 5.75 Å². The van der Waals surface area contributed by atoms with Crippen LogP contribution in [0.25, 0.3) is 16.9 Å². The normalized spacial score (nSPS) is 11.4. The van der Waals surface area contributed by atoms with Gasteiger partial charge < -0.3 is 9.30 Å².